The molecule has 29 heavy (non-hydrogen) atoms. The van der Waals surface area contributed by atoms with Gasteiger partial charge in [0.2, 0.25) is 10.0 Å². The Bertz CT molecular complexity index is 1030. The minimum absolute atomic E-state index is 0.0432. The summed E-state index contributed by atoms with van der Waals surface area (Å²) in [5.74, 6) is 0.453. The second-order valence-corrected chi connectivity index (χ2v) is 9.63. The Balaban J connectivity index is 2.00. The standard InChI is InChI=1S/C22H28N2O4S/c1-16-7-12-21(23-22(16)26)20(15-17-5-3-4-6-17)18-8-10-19(11-9-18)29(27,28)24(2)13-14-25/h7-12,15,17,25H,3-6,13-14H2,1-2H3,(H,23,26)/b20-15+. The highest BCUT2D eigenvalue weighted by atomic mass is 32.2. The van der Waals surface area contributed by atoms with Crippen molar-refractivity contribution in [2.75, 3.05) is 20.2 Å². The molecule has 1 aliphatic rings. The molecule has 0 amide bonds. The maximum Gasteiger partial charge on any atom is 0.251 e. The van der Waals surface area contributed by atoms with E-state index in [1.165, 1.54) is 19.9 Å². The topological polar surface area (TPSA) is 90.5 Å². The van der Waals surface area contributed by atoms with Gasteiger partial charge >= 0.3 is 0 Å². The maximum atomic E-state index is 12.6. The number of aryl methyl sites for hydroxylation is 1. The zero-order chi connectivity index (χ0) is 21.0. The smallest absolute Gasteiger partial charge is 0.251 e. The van der Waals surface area contributed by atoms with E-state index in [-0.39, 0.29) is 23.6 Å². The fourth-order valence-electron chi connectivity index (χ4n) is 3.65. The van der Waals surface area contributed by atoms with Gasteiger partial charge in [-0.25, -0.2) is 8.42 Å². The third-order valence-corrected chi connectivity index (χ3v) is 7.36. The normalized spacial score (nSPS) is 15.9. The van der Waals surface area contributed by atoms with Crippen LogP contribution in [0.1, 0.15) is 42.5 Å². The number of aromatic amines is 1. The number of aliphatic hydroxyl groups excluding tert-OH is 1. The molecular formula is C22H28N2O4S. The number of aliphatic hydroxyl groups is 1. The van der Waals surface area contributed by atoms with E-state index in [0.717, 1.165) is 34.0 Å². The summed E-state index contributed by atoms with van der Waals surface area (Å²) in [6.07, 6.45) is 6.85. The Labute approximate surface area is 172 Å². The maximum absolute atomic E-state index is 12.6. The lowest BCUT2D eigenvalue weighted by molar-refractivity contribution is 0.266. The van der Waals surface area contributed by atoms with Crippen LogP contribution in [0, 0.1) is 12.8 Å². The predicted molar refractivity (Wildman–Crippen MR) is 114 cm³/mol. The first-order valence-electron chi connectivity index (χ1n) is 9.92. The highest BCUT2D eigenvalue weighted by Gasteiger charge is 2.21. The van der Waals surface area contributed by atoms with E-state index in [9.17, 15) is 13.2 Å². The number of benzene rings is 1. The molecule has 1 aromatic carbocycles. The first-order valence-corrected chi connectivity index (χ1v) is 11.4. The van der Waals surface area contributed by atoms with Crippen LogP contribution in [0.25, 0.3) is 5.57 Å². The summed E-state index contributed by atoms with van der Waals surface area (Å²) in [6, 6.07) is 10.4. The van der Waals surface area contributed by atoms with Crippen LogP contribution < -0.4 is 5.56 Å². The number of pyridine rings is 1. The van der Waals surface area contributed by atoms with Crippen molar-refractivity contribution >= 4 is 15.6 Å². The van der Waals surface area contributed by atoms with Gasteiger partial charge in [-0.1, -0.05) is 37.1 Å². The molecule has 6 nitrogen and oxygen atoms in total. The van der Waals surface area contributed by atoms with Crippen LogP contribution >= 0.6 is 0 Å². The number of rotatable bonds is 7. The number of aromatic nitrogens is 1. The fourth-order valence-corrected chi connectivity index (χ4v) is 4.81. The van der Waals surface area contributed by atoms with Gasteiger partial charge in [0, 0.05) is 30.4 Å². The lowest BCUT2D eigenvalue weighted by Crippen LogP contribution is -2.29. The van der Waals surface area contributed by atoms with Gasteiger partial charge in [0.05, 0.1) is 11.5 Å². The molecule has 1 heterocycles. The molecule has 1 aromatic heterocycles. The number of sulfonamides is 1. The van der Waals surface area contributed by atoms with Crippen LogP contribution in [0.15, 0.2) is 52.2 Å². The Morgan fingerprint density at radius 3 is 2.41 bits per heavy atom. The summed E-state index contributed by atoms with van der Waals surface area (Å²) in [6.45, 7) is 1.58. The molecule has 3 rings (SSSR count). The van der Waals surface area contributed by atoms with Crippen molar-refractivity contribution in [1.29, 1.82) is 0 Å². The van der Waals surface area contributed by atoms with E-state index in [1.54, 1.807) is 37.3 Å². The summed E-state index contributed by atoms with van der Waals surface area (Å²) in [5, 5.41) is 9.02. The molecule has 0 bridgehead atoms. The molecule has 0 radical (unpaired) electrons. The number of likely N-dealkylation sites (N-methyl/N-ethyl adjacent to an activating group) is 1. The van der Waals surface area contributed by atoms with Crippen LogP contribution in [0.3, 0.4) is 0 Å². The summed E-state index contributed by atoms with van der Waals surface area (Å²) in [4.78, 5) is 15.3. The third-order valence-electron chi connectivity index (χ3n) is 5.49. The Kier molecular flexibility index (Phi) is 6.72. The van der Waals surface area contributed by atoms with Crippen molar-refractivity contribution < 1.29 is 13.5 Å². The van der Waals surface area contributed by atoms with E-state index in [4.69, 9.17) is 5.11 Å². The van der Waals surface area contributed by atoms with Gasteiger partial charge in [-0.2, -0.15) is 4.31 Å². The molecule has 0 unspecified atom stereocenters. The zero-order valence-electron chi connectivity index (χ0n) is 16.9. The fraction of sp³-hybridized carbons (Fsp3) is 0.409. The first kappa shape index (κ1) is 21.5. The van der Waals surface area contributed by atoms with Gasteiger partial charge in [0.25, 0.3) is 5.56 Å². The Hall–Kier alpha value is -2.22. The number of hydrogen-bond donors (Lipinski definition) is 2. The molecule has 0 saturated heterocycles. The quantitative estimate of drug-likeness (QED) is 0.726. The van der Waals surface area contributed by atoms with Crippen LogP contribution in [-0.2, 0) is 10.0 Å². The minimum atomic E-state index is -3.65. The third kappa shape index (κ3) is 4.86. The SMILES string of the molecule is Cc1ccc(/C(=C/C2CCCC2)c2ccc(S(=O)(=O)N(C)CCO)cc2)[nH]c1=O. The van der Waals surface area contributed by atoms with E-state index in [2.05, 4.69) is 11.1 Å². The van der Waals surface area contributed by atoms with Gasteiger partial charge in [0.1, 0.15) is 0 Å². The Morgan fingerprint density at radius 2 is 1.83 bits per heavy atom. The number of allylic oxidation sites excluding steroid dienone is 1. The van der Waals surface area contributed by atoms with Crippen molar-refractivity contribution in [2.24, 2.45) is 5.92 Å². The van der Waals surface area contributed by atoms with Gasteiger partial charge in [-0.05, 0) is 49.4 Å². The highest BCUT2D eigenvalue weighted by molar-refractivity contribution is 7.89. The molecule has 156 valence electrons. The number of nitrogens with one attached hydrogen (secondary N) is 1. The van der Waals surface area contributed by atoms with E-state index < -0.39 is 10.0 Å². The second kappa shape index (κ2) is 9.07. The van der Waals surface area contributed by atoms with Gasteiger partial charge in [0.15, 0.2) is 0 Å². The van der Waals surface area contributed by atoms with Crippen molar-refractivity contribution in [3.63, 3.8) is 0 Å². The zero-order valence-corrected chi connectivity index (χ0v) is 17.7. The molecule has 2 aromatic rings. The number of nitrogens with zero attached hydrogens (tertiary/aromatic N) is 1. The molecule has 1 fully saturated rings. The number of hydrogen-bond acceptors (Lipinski definition) is 4. The second-order valence-electron chi connectivity index (χ2n) is 7.58. The van der Waals surface area contributed by atoms with Gasteiger partial charge < -0.3 is 10.1 Å². The summed E-state index contributed by atoms with van der Waals surface area (Å²) < 4.78 is 26.3. The van der Waals surface area contributed by atoms with Crippen LogP contribution in [0.4, 0.5) is 0 Å². The van der Waals surface area contributed by atoms with Crippen LogP contribution in [0.5, 0.6) is 0 Å². The van der Waals surface area contributed by atoms with Crippen molar-refractivity contribution in [2.45, 2.75) is 37.5 Å². The molecule has 7 heteroatoms. The summed E-state index contributed by atoms with van der Waals surface area (Å²) >= 11 is 0. The monoisotopic (exact) mass is 416 g/mol. The molecule has 1 aliphatic carbocycles. The molecule has 0 aliphatic heterocycles. The van der Waals surface area contributed by atoms with Crippen LogP contribution in [-0.4, -0.2) is 43.0 Å². The van der Waals surface area contributed by atoms with Crippen molar-refractivity contribution in [3.05, 3.63) is 69.6 Å². The molecule has 1 saturated carbocycles. The Morgan fingerprint density at radius 1 is 1.17 bits per heavy atom. The van der Waals surface area contributed by atoms with Gasteiger partial charge in [-0.3, -0.25) is 4.79 Å². The predicted octanol–water partition coefficient (Wildman–Crippen LogP) is 2.92. The highest BCUT2D eigenvalue weighted by Crippen LogP contribution is 2.32. The molecule has 0 atom stereocenters. The van der Waals surface area contributed by atoms with Crippen molar-refractivity contribution in [1.82, 2.24) is 9.29 Å². The summed E-state index contributed by atoms with van der Waals surface area (Å²) in [7, 11) is -2.20. The van der Waals surface area contributed by atoms with E-state index >= 15 is 0 Å². The molecule has 2 N–H and O–H groups in total. The van der Waals surface area contributed by atoms with E-state index in [0.29, 0.717) is 11.5 Å². The van der Waals surface area contributed by atoms with E-state index in [1.807, 2.05) is 6.07 Å². The molecule has 0 spiro atoms. The molecular weight excluding hydrogens is 388 g/mol. The van der Waals surface area contributed by atoms with Gasteiger partial charge in [-0.15, -0.1) is 0 Å². The average molecular weight is 417 g/mol. The summed E-state index contributed by atoms with van der Waals surface area (Å²) in [5.41, 5.74) is 3.05. The number of H-pyrrole nitrogens is 1. The first-order chi connectivity index (χ1) is 13.8. The lowest BCUT2D eigenvalue weighted by Gasteiger charge is -2.17. The van der Waals surface area contributed by atoms with Crippen LogP contribution in [0.2, 0.25) is 0 Å². The lowest BCUT2D eigenvalue weighted by atomic mass is 9.96. The average Bonchev–Trinajstić information content (AvgIpc) is 3.22. The largest absolute Gasteiger partial charge is 0.395 e. The minimum Gasteiger partial charge on any atom is -0.395 e. The van der Waals surface area contributed by atoms with Crippen molar-refractivity contribution in [3.8, 4) is 0 Å².